The van der Waals surface area contributed by atoms with Crippen molar-refractivity contribution < 1.29 is 14.3 Å². The molecule has 1 saturated heterocycles. The van der Waals surface area contributed by atoms with Crippen LogP contribution in [0.4, 0.5) is 5.69 Å². The number of ether oxygens (including phenoxy) is 2. The number of amides is 1. The molecule has 2 aliphatic rings. The Hall–Kier alpha value is -2.24. The van der Waals surface area contributed by atoms with Crippen LogP contribution in [-0.4, -0.2) is 43.8 Å². The van der Waals surface area contributed by atoms with E-state index in [1.54, 1.807) is 0 Å². The lowest BCUT2D eigenvalue weighted by molar-refractivity contribution is -0.118. The van der Waals surface area contributed by atoms with Crippen LogP contribution >= 0.6 is 11.6 Å². The van der Waals surface area contributed by atoms with E-state index in [-0.39, 0.29) is 12.7 Å². The van der Waals surface area contributed by atoms with Crippen LogP contribution < -0.4 is 14.4 Å². The van der Waals surface area contributed by atoms with E-state index in [0.29, 0.717) is 12.3 Å². The fourth-order valence-electron chi connectivity index (χ4n) is 4.18. The van der Waals surface area contributed by atoms with Gasteiger partial charge in [-0.1, -0.05) is 30.7 Å². The fraction of sp³-hybridized carbons (Fsp3) is 0.458. The number of fused-ring (bicyclic) bond motifs is 1. The Morgan fingerprint density at radius 1 is 1.10 bits per heavy atom. The monoisotopic (exact) mass is 428 g/mol. The molecular weight excluding hydrogens is 400 g/mol. The molecule has 0 aliphatic carbocycles. The van der Waals surface area contributed by atoms with Crippen molar-refractivity contribution in [1.82, 2.24) is 4.90 Å². The summed E-state index contributed by atoms with van der Waals surface area (Å²) < 4.78 is 10.9. The van der Waals surface area contributed by atoms with Crippen LogP contribution in [0.1, 0.15) is 31.7 Å². The van der Waals surface area contributed by atoms with E-state index >= 15 is 0 Å². The van der Waals surface area contributed by atoms with Crippen molar-refractivity contribution in [2.75, 3.05) is 37.9 Å². The number of rotatable bonds is 7. The SMILES string of the molecule is CCC(=O)N(CC1CCN(CCc2ccc(Cl)cc2)CC1)c1ccc2c(c1)OCO2. The molecule has 2 aromatic rings. The van der Waals surface area contributed by atoms with E-state index in [1.165, 1.54) is 5.56 Å². The van der Waals surface area contributed by atoms with E-state index in [9.17, 15) is 4.79 Å². The summed E-state index contributed by atoms with van der Waals surface area (Å²) in [7, 11) is 0. The molecule has 0 atom stereocenters. The van der Waals surface area contributed by atoms with Crippen molar-refractivity contribution >= 4 is 23.2 Å². The molecule has 2 aliphatic heterocycles. The molecule has 1 amide bonds. The second-order valence-electron chi connectivity index (χ2n) is 8.06. The van der Waals surface area contributed by atoms with E-state index < -0.39 is 0 Å². The molecule has 0 aromatic heterocycles. The van der Waals surface area contributed by atoms with E-state index in [1.807, 2.05) is 42.2 Å². The molecule has 0 N–H and O–H groups in total. The summed E-state index contributed by atoms with van der Waals surface area (Å²) in [6, 6.07) is 13.9. The largest absolute Gasteiger partial charge is 0.454 e. The average Bonchev–Trinajstić information content (AvgIpc) is 3.25. The molecule has 2 aromatic carbocycles. The Bertz CT molecular complexity index is 863. The first-order valence-electron chi connectivity index (χ1n) is 10.8. The molecule has 160 valence electrons. The molecule has 0 unspecified atom stereocenters. The molecule has 0 bridgehead atoms. The summed E-state index contributed by atoms with van der Waals surface area (Å²) in [5.74, 6) is 2.13. The summed E-state index contributed by atoms with van der Waals surface area (Å²) in [5, 5.41) is 0.785. The van der Waals surface area contributed by atoms with Crippen molar-refractivity contribution in [1.29, 1.82) is 0 Å². The number of halogens is 1. The molecule has 5 nitrogen and oxygen atoms in total. The summed E-state index contributed by atoms with van der Waals surface area (Å²) in [6.07, 6.45) is 3.76. The number of carbonyl (C=O) groups is 1. The molecule has 2 heterocycles. The van der Waals surface area contributed by atoms with E-state index in [0.717, 1.165) is 67.7 Å². The number of carbonyl (C=O) groups excluding carboxylic acids is 1. The zero-order valence-corrected chi connectivity index (χ0v) is 18.2. The molecule has 1 fully saturated rings. The number of anilines is 1. The van der Waals surface area contributed by atoms with Gasteiger partial charge in [-0.25, -0.2) is 0 Å². The number of benzene rings is 2. The van der Waals surface area contributed by atoms with Crippen LogP contribution in [0.5, 0.6) is 11.5 Å². The fourth-order valence-corrected chi connectivity index (χ4v) is 4.31. The number of likely N-dealkylation sites (tertiary alicyclic amines) is 1. The Kier molecular flexibility index (Phi) is 6.80. The van der Waals surface area contributed by atoms with Gasteiger partial charge < -0.3 is 19.3 Å². The maximum absolute atomic E-state index is 12.7. The van der Waals surface area contributed by atoms with Crippen molar-refractivity contribution in [2.45, 2.75) is 32.6 Å². The average molecular weight is 429 g/mol. The highest BCUT2D eigenvalue weighted by molar-refractivity contribution is 6.30. The van der Waals surface area contributed by atoms with Gasteiger partial charge in [-0.3, -0.25) is 4.79 Å². The Morgan fingerprint density at radius 3 is 2.57 bits per heavy atom. The van der Waals surface area contributed by atoms with Gasteiger partial charge in [0.15, 0.2) is 11.5 Å². The van der Waals surface area contributed by atoms with Gasteiger partial charge in [-0.05, 0) is 68.1 Å². The normalized spacial score (nSPS) is 16.6. The van der Waals surface area contributed by atoms with Crippen molar-refractivity contribution in [3.8, 4) is 11.5 Å². The minimum atomic E-state index is 0.152. The van der Waals surface area contributed by atoms with Crippen molar-refractivity contribution in [3.63, 3.8) is 0 Å². The number of nitrogens with zero attached hydrogens (tertiary/aromatic N) is 2. The zero-order valence-electron chi connectivity index (χ0n) is 17.5. The molecule has 4 rings (SSSR count). The van der Waals surface area contributed by atoms with Gasteiger partial charge in [-0.2, -0.15) is 0 Å². The van der Waals surface area contributed by atoms with Crippen LogP contribution in [-0.2, 0) is 11.2 Å². The second kappa shape index (κ2) is 9.71. The topological polar surface area (TPSA) is 42.0 Å². The smallest absolute Gasteiger partial charge is 0.231 e. The van der Waals surface area contributed by atoms with Crippen molar-refractivity contribution in [2.24, 2.45) is 5.92 Å². The van der Waals surface area contributed by atoms with Crippen LogP contribution in [0.25, 0.3) is 0 Å². The predicted octanol–water partition coefficient (Wildman–Crippen LogP) is 4.77. The number of piperidine rings is 1. The van der Waals surface area contributed by atoms with Crippen LogP contribution in [0.15, 0.2) is 42.5 Å². The quantitative estimate of drug-likeness (QED) is 0.637. The molecule has 6 heteroatoms. The van der Waals surface area contributed by atoms with Gasteiger partial charge in [0, 0.05) is 36.3 Å². The molecule has 0 spiro atoms. The van der Waals surface area contributed by atoms with Gasteiger partial charge in [0.05, 0.1) is 0 Å². The Labute approximate surface area is 183 Å². The Morgan fingerprint density at radius 2 is 1.83 bits per heavy atom. The Balaban J connectivity index is 1.31. The van der Waals surface area contributed by atoms with Gasteiger partial charge in [0.2, 0.25) is 12.7 Å². The van der Waals surface area contributed by atoms with Crippen LogP contribution in [0.3, 0.4) is 0 Å². The minimum Gasteiger partial charge on any atom is -0.454 e. The van der Waals surface area contributed by atoms with Gasteiger partial charge in [0.25, 0.3) is 0 Å². The summed E-state index contributed by atoms with van der Waals surface area (Å²) in [6.45, 7) is 6.14. The van der Waals surface area contributed by atoms with Crippen molar-refractivity contribution in [3.05, 3.63) is 53.1 Å². The summed E-state index contributed by atoms with van der Waals surface area (Å²) in [5.41, 5.74) is 2.22. The summed E-state index contributed by atoms with van der Waals surface area (Å²) >= 11 is 5.97. The second-order valence-corrected chi connectivity index (χ2v) is 8.49. The molecular formula is C24H29ClN2O3. The molecule has 0 radical (unpaired) electrons. The molecule has 0 saturated carbocycles. The van der Waals surface area contributed by atoms with E-state index in [2.05, 4.69) is 17.0 Å². The minimum absolute atomic E-state index is 0.152. The number of hydrogen-bond donors (Lipinski definition) is 0. The highest BCUT2D eigenvalue weighted by Crippen LogP contribution is 2.36. The maximum Gasteiger partial charge on any atom is 0.231 e. The lowest BCUT2D eigenvalue weighted by atomic mass is 9.95. The maximum atomic E-state index is 12.7. The first-order chi connectivity index (χ1) is 14.6. The third-order valence-corrected chi connectivity index (χ3v) is 6.30. The predicted molar refractivity (Wildman–Crippen MR) is 120 cm³/mol. The molecule has 30 heavy (non-hydrogen) atoms. The first-order valence-corrected chi connectivity index (χ1v) is 11.2. The third kappa shape index (κ3) is 5.08. The highest BCUT2D eigenvalue weighted by Gasteiger charge is 2.25. The number of hydrogen-bond acceptors (Lipinski definition) is 4. The van der Waals surface area contributed by atoms with Crippen LogP contribution in [0.2, 0.25) is 5.02 Å². The third-order valence-electron chi connectivity index (χ3n) is 6.05. The zero-order chi connectivity index (χ0) is 20.9. The summed E-state index contributed by atoms with van der Waals surface area (Å²) in [4.78, 5) is 17.1. The standard InChI is InChI=1S/C24H29ClN2O3/c1-2-24(28)27(21-7-8-22-23(15-21)30-17-29-22)16-19-10-13-26(14-11-19)12-9-18-3-5-20(25)6-4-18/h3-8,15,19H,2,9-14,16-17H2,1H3. The van der Waals surface area contributed by atoms with Gasteiger partial charge >= 0.3 is 0 Å². The first kappa shape index (κ1) is 21.0. The lowest BCUT2D eigenvalue weighted by Gasteiger charge is -2.35. The van der Waals surface area contributed by atoms with Gasteiger partial charge in [-0.15, -0.1) is 0 Å². The lowest BCUT2D eigenvalue weighted by Crippen LogP contribution is -2.41. The van der Waals surface area contributed by atoms with Gasteiger partial charge in [0.1, 0.15) is 0 Å². The van der Waals surface area contributed by atoms with Crippen LogP contribution in [0, 0.1) is 5.92 Å². The van der Waals surface area contributed by atoms with E-state index in [4.69, 9.17) is 21.1 Å². The highest BCUT2D eigenvalue weighted by atomic mass is 35.5.